The van der Waals surface area contributed by atoms with Gasteiger partial charge in [-0.1, -0.05) is 24.9 Å². The summed E-state index contributed by atoms with van der Waals surface area (Å²) in [6.07, 6.45) is 4.13. The van der Waals surface area contributed by atoms with Gasteiger partial charge >= 0.3 is 0 Å². The fraction of sp³-hybridized carbons (Fsp3) is 0.357. The zero-order valence-electron chi connectivity index (χ0n) is 11.1. The summed E-state index contributed by atoms with van der Waals surface area (Å²) in [5, 5.41) is 3.40. The summed E-state index contributed by atoms with van der Waals surface area (Å²) in [5.74, 6) is 0.280. The molecule has 1 N–H and O–H groups in total. The summed E-state index contributed by atoms with van der Waals surface area (Å²) in [5.41, 5.74) is 1.29. The van der Waals surface area contributed by atoms with Gasteiger partial charge in [0.2, 0.25) is 5.95 Å². The first-order valence-electron chi connectivity index (χ1n) is 6.36. The topological polar surface area (TPSA) is 29.9 Å². The van der Waals surface area contributed by atoms with E-state index in [1.807, 2.05) is 17.7 Å². The van der Waals surface area contributed by atoms with Crippen LogP contribution in [-0.4, -0.2) is 9.55 Å². The maximum atomic E-state index is 13.7. The van der Waals surface area contributed by atoms with E-state index in [4.69, 9.17) is 11.6 Å². The number of imidazole rings is 1. The van der Waals surface area contributed by atoms with Crippen LogP contribution in [0.1, 0.15) is 25.5 Å². The highest BCUT2D eigenvalue weighted by atomic mass is 35.5. The molecule has 0 radical (unpaired) electrons. The largest absolute Gasteiger partial charge is 0.323 e. The second-order valence-corrected chi connectivity index (χ2v) is 4.94. The van der Waals surface area contributed by atoms with E-state index in [9.17, 15) is 4.39 Å². The Labute approximate surface area is 117 Å². The van der Waals surface area contributed by atoms with Gasteiger partial charge in [0.25, 0.3) is 0 Å². The molecule has 0 aliphatic heterocycles. The molecular weight excluding hydrogens is 265 g/mol. The van der Waals surface area contributed by atoms with Gasteiger partial charge in [0.05, 0.1) is 11.4 Å². The molecule has 0 aliphatic carbocycles. The summed E-state index contributed by atoms with van der Waals surface area (Å²) in [4.78, 5) is 4.37. The minimum absolute atomic E-state index is 0.379. The second kappa shape index (κ2) is 6.06. The van der Waals surface area contributed by atoms with E-state index in [1.165, 1.54) is 6.07 Å². The number of anilines is 2. The van der Waals surface area contributed by atoms with Gasteiger partial charge in [-0.25, -0.2) is 9.37 Å². The number of benzene rings is 1. The minimum atomic E-state index is -0.379. The van der Waals surface area contributed by atoms with Crippen molar-refractivity contribution in [3.8, 4) is 0 Å². The zero-order valence-corrected chi connectivity index (χ0v) is 11.8. The van der Waals surface area contributed by atoms with Gasteiger partial charge in [-0.15, -0.1) is 0 Å². The molecule has 5 heteroatoms. The van der Waals surface area contributed by atoms with Gasteiger partial charge in [-0.3, -0.25) is 0 Å². The van der Waals surface area contributed by atoms with Gasteiger partial charge in [-0.2, -0.15) is 0 Å². The van der Waals surface area contributed by atoms with Crippen molar-refractivity contribution in [1.82, 2.24) is 9.55 Å². The standard InChI is InChI=1S/C14H17ClFN3/c1-3-4-7-19-9-10(2)17-14(19)18-13-6-5-11(15)8-12(13)16/h5-6,8-9H,3-4,7H2,1-2H3,(H,17,18). The Kier molecular flexibility index (Phi) is 4.43. The van der Waals surface area contributed by atoms with Crippen LogP contribution < -0.4 is 5.32 Å². The molecule has 0 fully saturated rings. The van der Waals surface area contributed by atoms with E-state index >= 15 is 0 Å². The molecule has 0 saturated heterocycles. The second-order valence-electron chi connectivity index (χ2n) is 4.50. The van der Waals surface area contributed by atoms with Crippen molar-refractivity contribution in [2.24, 2.45) is 0 Å². The highest BCUT2D eigenvalue weighted by Gasteiger charge is 2.09. The summed E-state index contributed by atoms with van der Waals surface area (Å²) in [6, 6.07) is 4.56. The van der Waals surface area contributed by atoms with Crippen LogP contribution in [0.4, 0.5) is 16.0 Å². The average Bonchev–Trinajstić information content (AvgIpc) is 2.70. The Hall–Kier alpha value is -1.55. The van der Waals surface area contributed by atoms with Crippen molar-refractivity contribution in [1.29, 1.82) is 0 Å². The maximum absolute atomic E-state index is 13.7. The van der Waals surface area contributed by atoms with E-state index in [-0.39, 0.29) is 5.82 Å². The van der Waals surface area contributed by atoms with Crippen LogP contribution >= 0.6 is 11.6 Å². The van der Waals surface area contributed by atoms with Crippen molar-refractivity contribution in [2.75, 3.05) is 5.32 Å². The minimum Gasteiger partial charge on any atom is -0.323 e. The summed E-state index contributed by atoms with van der Waals surface area (Å²) in [6.45, 7) is 4.93. The Morgan fingerprint density at radius 2 is 2.21 bits per heavy atom. The fourth-order valence-corrected chi connectivity index (χ4v) is 2.02. The van der Waals surface area contributed by atoms with Crippen LogP contribution in [0.3, 0.4) is 0 Å². The molecule has 0 bridgehead atoms. The van der Waals surface area contributed by atoms with Crippen LogP contribution in [0.15, 0.2) is 24.4 Å². The molecule has 0 unspecified atom stereocenters. The van der Waals surface area contributed by atoms with Crippen LogP contribution in [0.5, 0.6) is 0 Å². The Bertz CT molecular complexity index is 566. The van der Waals surface area contributed by atoms with E-state index in [0.29, 0.717) is 16.7 Å². The van der Waals surface area contributed by atoms with Crippen molar-refractivity contribution in [3.63, 3.8) is 0 Å². The number of hydrogen-bond acceptors (Lipinski definition) is 2. The van der Waals surface area contributed by atoms with Crippen LogP contribution in [0.25, 0.3) is 0 Å². The van der Waals surface area contributed by atoms with Crippen molar-refractivity contribution >= 4 is 23.2 Å². The lowest BCUT2D eigenvalue weighted by molar-refractivity contribution is 0.626. The zero-order chi connectivity index (χ0) is 13.8. The van der Waals surface area contributed by atoms with Gasteiger partial charge < -0.3 is 9.88 Å². The normalized spacial score (nSPS) is 10.7. The van der Waals surface area contributed by atoms with Crippen LogP contribution in [0, 0.1) is 12.7 Å². The number of aromatic nitrogens is 2. The number of nitrogens with zero attached hydrogens (tertiary/aromatic N) is 2. The molecule has 2 aromatic rings. The van der Waals surface area contributed by atoms with E-state index < -0.39 is 0 Å². The number of hydrogen-bond donors (Lipinski definition) is 1. The molecule has 0 saturated carbocycles. The molecule has 3 nitrogen and oxygen atoms in total. The molecule has 1 heterocycles. The molecule has 0 aliphatic rings. The first-order valence-corrected chi connectivity index (χ1v) is 6.73. The van der Waals surface area contributed by atoms with Crippen LogP contribution in [0.2, 0.25) is 5.02 Å². The molecular formula is C14H17ClFN3. The van der Waals surface area contributed by atoms with E-state index in [2.05, 4.69) is 17.2 Å². The molecule has 0 amide bonds. The Morgan fingerprint density at radius 3 is 2.89 bits per heavy atom. The van der Waals surface area contributed by atoms with Gasteiger partial charge in [0, 0.05) is 17.8 Å². The summed E-state index contributed by atoms with van der Waals surface area (Å²) >= 11 is 5.74. The monoisotopic (exact) mass is 281 g/mol. The molecule has 0 atom stereocenters. The third-order valence-corrected chi connectivity index (χ3v) is 3.06. The predicted molar refractivity (Wildman–Crippen MR) is 76.6 cm³/mol. The smallest absolute Gasteiger partial charge is 0.207 e. The lowest BCUT2D eigenvalue weighted by atomic mass is 10.3. The Morgan fingerprint density at radius 1 is 1.42 bits per heavy atom. The molecule has 102 valence electrons. The van der Waals surface area contributed by atoms with E-state index in [1.54, 1.807) is 12.1 Å². The van der Waals surface area contributed by atoms with Crippen molar-refractivity contribution in [2.45, 2.75) is 33.2 Å². The number of aryl methyl sites for hydroxylation is 2. The highest BCUT2D eigenvalue weighted by Crippen LogP contribution is 2.23. The van der Waals surface area contributed by atoms with Crippen molar-refractivity contribution in [3.05, 3.63) is 40.9 Å². The first-order chi connectivity index (χ1) is 9.10. The quantitative estimate of drug-likeness (QED) is 0.873. The third kappa shape index (κ3) is 3.47. The van der Waals surface area contributed by atoms with Gasteiger partial charge in [0.1, 0.15) is 5.82 Å². The van der Waals surface area contributed by atoms with Crippen LogP contribution in [-0.2, 0) is 6.54 Å². The molecule has 0 spiro atoms. The van der Waals surface area contributed by atoms with E-state index in [0.717, 1.165) is 25.1 Å². The van der Waals surface area contributed by atoms with Gasteiger partial charge in [-0.05, 0) is 31.5 Å². The lowest BCUT2D eigenvalue weighted by Gasteiger charge is -2.10. The lowest BCUT2D eigenvalue weighted by Crippen LogP contribution is -2.04. The fourth-order valence-electron chi connectivity index (χ4n) is 1.86. The van der Waals surface area contributed by atoms with Gasteiger partial charge in [0.15, 0.2) is 0 Å². The molecule has 19 heavy (non-hydrogen) atoms. The Balaban J connectivity index is 2.22. The maximum Gasteiger partial charge on any atom is 0.207 e. The molecule has 1 aromatic heterocycles. The predicted octanol–water partition coefficient (Wildman–Crippen LogP) is 4.53. The molecule has 2 rings (SSSR count). The average molecular weight is 282 g/mol. The number of unbranched alkanes of at least 4 members (excludes halogenated alkanes) is 1. The number of rotatable bonds is 5. The SMILES string of the molecule is CCCCn1cc(C)nc1Nc1ccc(Cl)cc1F. The first kappa shape index (κ1) is 13.9. The molecule has 1 aromatic carbocycles. The number of nitrogens with one attached hydrogen (secondary N) is 1. The summed E-state index contributed by atoms with van der Waals surface area (Å²) < 4.78 is 15.7. The summed E-state index contributed by atoms with van der Waals surface area (Å²) in [7, 11) is 0. The van der Waals surface area contributed by atoms with Crippen molar-refractivity contribution < 1.29 is 4.39 Å². The highest BCUT2D eigenvalue weighted by molar-refractivity contribution is 6.30. The number of halogens is 2. The third-order valence-electron chi connectivity index (χ3n) is 2.83.